The van der Waals surface area contributed by atoms with Gasteiger partial charge in [0.15, 0.2) is 5.78 Å². The maximum atomic E-state index is 12.0. The van der Waals surface area contributed by atoms with Crippen molar-refractivity contribution in [3.8, 4) is 0 Å². The van der Waals surface area contributed by atoms with E-state index in [9.17, 15) is 4.79 Å². The van der Waals surface area contributed by atoms with Gasteiger partial charge in [0.25, 0.3) is 0 Å². The van der Waals surface area contributed by atoms with Crippen LogP contribution in [-0.2, 0) is 0 Å². The first kappa shape index (κ1) is 16.1. The SMILES string of the molecule is O=C(CCN1CC[N+]2(CCCC2)CC1)c1ccsc1.[Br-]. The van der Waals surface area contributed by atoms with E-state index in [-0.39, 0.29) is 17.0 Å². The van der Waals surface area contributed by atoms with E-state index in [0.717, 1.165) is 12.1 Å². The van der Waals surface area contributed by atoms with Gasteiger partial charge in [0.1, 0.15) is 0 Å². The second-order valence-corrected chi connectivity index (χ2v) is 6.75. The minimum Gasteiger partial charge on any atom is -1.00 e. The third kappa shape index (κ3) is 3.70. The molecule has 112 valence electrons. The molecule has 2 fully saturated rings. The minimum absolute atomic E-state index is 0. The maximum absolute atomic E-state index is 12.0. The highest BCUT2D eigenvalue weighted by atomic mass is 79.9. The van der Waals surface area contributed by atoms with Gasteiger partial charge in [-0.25, -0.2) is 0 Å². The summed E-state index contributed by atoms with van der Waals surface area (Å²) < 4.78 is 1.36. The molecule has 1 spiro atoms. The molecule has 0 amide bonds. The van der Waals surface area contributed by atoms with E-state index in [0.29, 0.717) is 12.2 Å². The first-order valence-electron chi connectivity index (χ1n) is 7.40. The van der Waals surface area contributed by atoms with Crippen LogP contribution in [0.3, 0.4) is 0 Å². The van der Waals surface area contributed by atoms with Crippen LogP contribution in [0, 0.1) is 0 Å². The fourth-order valence-electron chi connectivity index (χ4n) is 3.43. The lowest BCUT2D eigenvalue weighted by atomic mass is 10.1. The molecule has 1 aromatic rings. The Kier molecular flexibility index (Phi) is 5.78. The van der Waals surface area contributed by atoms with Crippen LogP contribution in [0.15, 0.2) is 16.8 Å². The molecule has 5 heteroatoms. The summed E-state index contributed by atoms with van der Waals surface area (Å²) in [5, 5.41) is 3.94. The third-order valence-electron chi connectivity index (χ3n) is 4.79. The number of nitrogens with zero attached hydrogens (tertiary/aromatic N) is 2. The zero-order valence-corrected chi connectivity index (χ0v) is 14.3. The molecule has 2 aliphatic heterocycles. The molecule has 0 aromatic carbocycles. The zero-order chi connectivity index (χ0) is 13.1. The lowest BCUT2D eigenvalue weighted by Crippen LogP contribution is -3.00. The first-order valence-corrected chi connectivity index (χ1v) is 8.35. The highest BCUT2D eigenvalue weighted by Crippen LogP contribution is 2.22. The highest BCUT2D eigenvalue weighted by Gasteiger charge is 2.35. The number of rotatable bonds is 4. The van der Waals surface area contributed by atoms with Gasteiger partial charge in [0.2, 0.25) is 0 Å². The molecule has 0 atom stereocenters. The van der Waals surface area contributed by atoms with Crippen LogP contribution in [0.25, 0.3) is 0 Å². The number of hydrogen-bond acceptors (Lipinski definition) is 3. The number of carbonyl (C=O) groups is 1. The average Bonchev–Trinajstić information content (AvgIpc) is 3.09. The Labute approximate surface area is 135 Å². The molecule has 2 aliphatic rings. The number of hydrogen-bond donors (Lipinski definition) is 0. The molecule has 2 saturated heterocycles. The molecule has 20 heavy (non-hydrogen) atoms. The summed E-state index contributed by atoms with van der Waals surface area (Å²) in [6.45, 7) is 8.67. The molecule has 0 radical (unpaired) electrons. The number of Topliss-reactive ketones (excluding diaryl/α,β-unsaturated/α-hetero) is 1. The van der Waals surface area contributed by atoms with E-state index in [2.05, 4.69) is 4.90 Å². The van der Waals surface area contributed by atoms with Crippen molar-refractivity contribution in [1.29, 1.82) is 0 Å². The number of piperazine rings is 1. The molecular weight excluding hydrogens is 336 g/mol. The van der Waals surface area contributed by atoms with Crippen LogP contribution in [0.1, 0.15) is 29.6 Å². The highest BCUT2D eigenvalue weighted by molar-refractivity contribution is 7.08. The number of thiophene rings is 1. The first-order chi connectivity index (χ1) is 9.27. The second-order valence-electron chi connectivity index (χ2n) is 5.97. The summed E-state index contributed by atoms with van der Waals surface area (Å²) in [4.78, 5) is 14.5. The topological polar surface area (TPSA) is 20.3 Å². The van der Waals surface area contributed by atoms with E-state index in [1.54, 1.807) is 11.3 Å². The number of quaternary nitrogens is 1. The Hall–Kier alpha value is -0.230. The van der Waals surface area contributed by atoms with Crippen LogP contribution >= 0.6 is 11.3 Å². The van der Waals surface area contributed by atoms with Gasteiger partial charge in [0, 0.05) is 49.8 Å². The number of carbonyl (C=O) groups excluding carboxylic acids is 1. The molecular formula is C15H23BrN2OS. The van der Waals surface area contributed by atoms with Crippen LogP contribution in [0.4, 0.5) is 0 Å². The minimum atomic E-state index is 0. The van der Waals surface area contributed by atoms with Gasteiger partial charge in [-0.1, -0.05) is 0 Å². The number of ketones is 1. The molecule has 0 N–H and O–H groups in total. The monoisotopic (exact) mass is 358 g/mol. The van der Waals surface area contributed by atoms with Crippen molar-refractivity contribution >= 4 is 17.1 Å². The summed E-state index contributed by atoms with van der Waals surface area (Å²) in [5.41, 5.74) is 0.894. The Bertz CT molecular complexity index is 419. The van der Waals surface area contributed by atoms with Gasteiger partial charge < -0.3 is 21.5 Å². The second kappa shape index (κ2) is 7.16. The van der Waals surface area contributed by atoms with Gasteiger partial charge >= 0.3 is 0 Å². The summed E-state index contributed by atoms with van der Waals surface area (Å²) >= 11 is 1.61. The zero-order valence-electron chi connectivity index (χ0n) is 11.9. The molecule has 0 saturated carbocycles. The predicted molar refractivity (Wildman–Crippen MR) is 78.7 cm³/mol. The van der Waals surface area contributed by atoms with Crippen molar-refractivity contribution in [1.82, 2.24) is 4.90 Å². The molecule has 3 heterocycles. The molecule has 0 unspecified atom stereocenters. The van der Waals surface area contributed by atoms with Crippen molar-refractivity contribution in [2.75, 3.05) is 45.8 Å². The van der Waals surface area contributed by atoms with Crippen molar-refractivity contribution in [3.05, 3.63) is 22.4 Å². The van der Waals surface area contributed by atoms with Crippen molar-refractivity contribution in [2.45, 2.75) is 19.3 Å². The van der Waals surface area contributed by atoms with Crippen LogP contribution < -0.4 is 17.0 Å². The summed E-state index contributed by atoms with van der Waals surface area (Å²) in [5.74, 6) is 0.303. The van der Waals surface area contributed by atoms with E-state index >= 15 is 0 Å². The van der Waals surface area contributed by atoms with Gasteiger partial charge in [-0.05, 0) is 11.4 Å². The Morgan fingerprint density at radius 1 is 1.20 bits per heavy atom. The van der Waals surface area contributed by atoms with E-state index in [1.165, 1.54) is 56.6 Å². The Morgan fingerprint density at radius 3 is 2.50 bits per heavy atom. The van der Waals surface area contributed by atoms with E-state index in [4.69, 9.17) is 0 Å². The molecule has 1 aromatic heterocycles. The fraction of sp³-hybridized carbons (Fsp3) is 0.667. The lowest BCUT2D eigenvalue weighted by Gasteiger charge is -2.42. The summed E-state index contributed by atoms with van der Waals surface area (Å²) in [6, 6.07) is 1.94. The average molecular weight is 359 g/mol. The van der Waals surface area contributed by atoms with Gasteiger partial charge in [0.05, 0.1) is 26.2 Å². The van der Waals surface area contributed by atoms with Crippen molar-refractivity contribution < 1.29 is 26.3 Å². The third-order valence-corrected chi connectivity index (χ3v) is 5.48. The van der Waals surface area contributed by atoms with E-state index in [1.807, 2.05) is 16.8 Å². The maximum Gasteiger partial charge on any atom is 0.164 e. The van der Waals surface area contributed by atoms with Gasteiger partial charge in [-0.3, -0.25) is 9.69 Å². The lowest BCUT2D eigenvalue weighted by molar-refractivity contribution is -0.920. The van der Waals surface area contributed by atoms with Crippen LogP contribution in [0.2, 0.25) is 0 Å². The summed E-state index contributed by atoms with van der Waals surface area (Å²) in [6.07, 6.45) is 3.50. The van der Waals surface area contributed by atoms with Crippen LogP contribution in [-0.4, -0.2) is 61.0 Å². The predicted octanol–water partition coefficient (Wildman–Crippen LogP) is -0.749. The normalized spacial score (nSPS) is 21.8. The standard InChI is InChI=1S/C15H23N2OS.BrH/c18-15(14-4-12-19-13-14)3-5-16-6-10-17(11-7-16)8-1-2-9-17;/h4,12-13H,1-3,5-11H2;1H/q+1;/p-1. The van der Waals surface area contributed by atoms with Crippen molar-refractivity contribution in [2.24, 2.45) is 0 Å². The molecule has 3 nitrogen and oxygen atoms in total. The Balaban J connectivity index is 0.00000147. The van der Waals surface area contributed by atoms with E-state index < -0.39 is 0 Å². The van der Waals surface area contributed by atoms with Crippen molar-refractivity contribution in [3.63, 3.8) is 0 Å². The van der Waals surface area contributed by atoms with Gasteiger partial charge in [-0.2, -0.15) is 11.3 Å². The van der Waals surface area contributed by atoms with Gasteiger partial charge in [-0.15, -0.1) is 0 Å². The quantitative estimate of drug-likeness (QED) is 0.521. The largest absolute Gasteiger partial charge is 1.00 e. The smallest absolute Gasteiger partial charge is 0.164 e. The van der Waals surface area contributed by atoms with Crippen LogP contribution in [0.5, 0.6) is 0 Å². The molecule has 0 bridgehead atoms. The number of halogens is 1. The summed E-state index contributed by atoms with van der Waals surface area (Å²) in [7, 11) is 0. The Morgan fingerprint density at radius 2 is 1.90 bits per heavy atom. The fourth-order valence-corrected chi connectivity index (χ4v) is 4.10. The molecule has 3 rings (SSSR count). The molecule has 0 aliphatic carbocycles.